The van der Waals surface area contributed by atoms with Crippen LogP contribution in [0.4, 0.5) is 23.5 Å². The fourth-order valence-electron chi connectivity index (χ4n) is 2.50. The lowest BCUT2D eigenvalue weighted by molar-refractivity contribution is -0.117. The average molecular weight is 390 g/mol. The van der Waals surface area contributed by atoms with Crippen molar-refractivity contribution >= 4 is 34.5 Å². The minimum Gasteiger partial charge on any atom is -0.313 e. The number of nitrogens with zero attached hydrogens (tertiary/aromatic N) is 4. The van der Waals surface area contributed by atoms with E-state index in [2.05, 4.69) is 15.4 Å². The summed E-state index contributed by atoms with van der Waals surface area (Å²) in [4.78, 5) is 16.4. The summed E-state index contributed by atoms with van der Waals surface area (Å²) in [7, 11) is 1.66. The van der Waals surface area contributed by atoms with E-state index in [1.807, 2.05) is 0 Å². The van der Waals surface area contributed by atoms with Crippen molar-refractivity contribution in [2.75, 3.05) is 5.32 Å². The summed E-state index contributed by atoms with van der Waals surface area (Å²) >= 11 is 5.55. The van der Waals surface area contributed by atoms with Crippen LogP contribution in [0.3, 0.4) is 0 Å². The SMILES string of the molecule is Cn1c(NC(=O)Cn2nc(C(F)F)c(Cl)c2C(F)F)nc2ccccc21. The third kappa shape index (κ3) is 3.24. The molecule has 1 N–H and O–H groups in total. The number of anilines is 1. The van der Waals surface area contributed by atoms with Crippen LogP contribution in [0.1, 0.15) is 24.2 Å². The molecule has 2 heterocycles. The Balaban J connectivity index is 1.86. The summed E-state index contributed by atoms with van der Waals surface area (Å²) < 4.78 is 53.9. The van der Waals surface area contributed by atoms with E-state index in [-0.39, 0.29) is 5.95 Å². The van der Waals surface area contributed by atoms with Crippen LogP contribution in [0.25, 0.3) is 11.0 Å². The van der Waals surface area contributed by atoms with Crippen molar-refractivity contribution in [3.63, 3.8) is 0 Å². The number of carbonyl (C=O) groups excluding carboxylic acids is 1. The van der Waals surface area contributed by atoms with Gasteiger partial charge < -0.3 is 4.57 Å². The molecule has 0 atom stereocenters. The molecule has 0 aliphatic heterocycles. The first-order chi connectivity index (χ1) is 12.3. The molecular weight excluding hydrogens is 378 g/mol. The Bertz CT molecular complexity index is 969. The van der Waals surface area contributed by atoms with Gasteiger partial charge in [0, 0.05) is 7.05 Å². The molecule has 0 saturated carbocycles. The van der Waals surface area contributed by atoms with Crippen LogP contribution in [0.2, 0.25) is 5.02 Å². The van der Waals surface area contributed by atoms with Gasteiger partial charge in [0.25, 0.3) is 12.9 Å². The number of para-hydroxylation sites is 2. The normalized spacial score (nSPS) is 11.7. The largest absolute Gasteiger partial charge is 0.313 e. The first-order valence-electron chi connectivity index (χ1n) is 7.33. The number of fused-ring (bicyclic) bond motifs is 1. The standard InChI is InChI=1S/C15H12ClF4N5O/c1-24-8-5-3-2-4-7(8)21-15(24)22-9(26)6-25-12(14(19)20)10(16)11(23-25)13(17)18/h2-5,13-14H,6H2,1H3,(H,21,22,26). The number of benzene rings is 1. The van der Waals surface area contributed by atoms with E-state index in [4.69, 9.17) is 11.6 Å². The smallest absolute Gasteiger partial charge is 0.283 e. The fraction of sp³-hybridized carbons (Fsp3) is 0.267. The highest BCUT2D eigenvalue weighted by Gasteiger charge is 2.28. The predicted octanol–water partition coefficient (Wildman–Crippen LogP) is 3.94. The van der Waals surface area contributed by atoms with Gasteiger partial charge in [0.05, 0.1) is 16.1 Å². The molecule has 1 amide bonds. The Morgan fingerprint density at radius 2 is 1.92 bits per heavy atom. The van der Waals surface area contributed by atoms with Crippen LogP contribution in [0, 0.1) is 0 Å². The molecular formula is C15H12ClF4N5O. The molecule has 0 aliphatic rings. The zero-order valence-electron chi connectivity index (χ0n) is 13.3. The van der Waals surface area contributed by atoms with Crippen LogP contribution >= 0.6 is 11.6 Å². The highest BCUT2D eigenvalue weighted by molar-refractivity contribution is 6.32. The maximum absolute atomic E-state index is 13.1. The Morgan fingerprint density at radius 1 is 1.23 bits per heavy atom. The maximum atomic E-state index is 13.1. The maximum Gasteiger partial charge on any atom is 0.283 e. The summed E-state index contributed by atoms with van der Waals surface area (Å²) in [6.45, 7) is -0.713. The molecule has 6 nitrogen and oxygen atoms in total. The lowest BCUT2D eigenvalue weighted by Gasteiger charge is -2.08. The molecule has 1 aromatic carbocycles. The highest BCUT2D eigenvalue weighted by atomic mass is 35.5. The number of amides is 1. The van der Waals surface area contributed by atoms with Crippen molar-refractivity contribution in [1.82, 2.24) is 19.3 Å². The molecule has 0 aliphatic carbocycles. The van der Waals surface area contributed by atoms with Gasteiger partial charge in [0.1, 0.15) is 17.9 Å². The topological polar surface area (TPSA) is 64.7 Å². The average Bonchev–Trinajstić information content (AvgIpc) is 3.05. The van der Waals surface area contributed by atoms with E-state index in [1.165, 1.54) is 0 Å². The monoisotopic (exact) mass is 389 g/mol. The fourth-order valence-corrected chi connectivity index (χ4v) is 2.80. The number of rotatable bonds is 5. The van der Waals surface area contributed by atoms with Crippen molar-refractivity contribution in [3.8, 4) is 0 Å². The van der Waals surface area contributed by atoms with Crippen molar-refractivity contribution in [1.29, 1.82) is 0 Å². The van der Waals surface area contributed by atoms with Gasteiger partial charge in [0.2, 0.25) is 11.9 Å². The third-order valence-electron chi connectivity index (χ3n) is 3.70. The second kappa shape index (κ2) is 6.94. The summed E-state index contributed by atoms with van der Waals surface area (Å²) in [6, 6.07) is 7.09. The number of imidazole rings is 1. The lowest BCUT2D eigenvalue weighted by Crippen LogP contribution is -2.22. The summed E-state index contributed by atoms with van der Waals surface area (Å²) in [5.74, 6) is -0.576. The molecule has 0 fully saturated rings. The van der Waals surface area contributed by atoms with Gasteiger partial charge in [-0.15, -0.1) is 0 Å². The van der Waals surface area contributed by atoms with E-state index in [0.717, 1.165) is 5.52 Å². The van der Waals surface area contributed by atoms with E-state index in [0.29, 0.717) is 10.2 Å². The van der Waals surface area contributed by atoms with Gasteiger partial charge >= 0.3 is 0 Å². The van der Waals surface area contributed by atoms with E-state index >= 15 is 0 Å². The van der Waals surface area contributed by atoms with E-state index < -0.39 is 41.7 Å². The minimum absolute atomic E-state index is 0.183. The number of nitrogens with one attached hydrogen (secondary N) is 1. The van der Waals surface area contributed by atoms with Crippen LogP contribution in [0.5, 0.6) is 0 Å². The van der Waals surface area contributed by atoms with Crippen molar-refractivity contribution in [2.45, 2.75) is 19.4 Å². The number of hydrogen-bond donors (Lipinski definition) is 1. The Kier molecular flexibility index (Phi) is 4.86. The van der Waals surface area contributed by atoms with Gasteiger partial charge in [-0.3, -0.25) is 14.8 Å². The summed E-state index contributed by atoms with van der Waals surface area (Å²) in [5, 5.41) is 4.95. The number of aromatic nitrogens is 4. The quantitative estimate of drug-likeness (QED) is 0.672. The van der Waals surface area contributed by atoms with Crippen LogP contribution < -0.4 is 5.32 Å². The molecule has 0 unspecified atom stereocenters. The molecule has 2 aromatic heterocycles. The molecule has 11 heteroatoms. The zero-order valence-corrected chi connectivity index (χ0v) is 14.0. The Labute approximate surface area is 149 Å². The van der Waals surface area contributed by atoms with Gasteiger partial charge in [0.15, 0.2) is 0 Å². The highest BCUT2D eigenvalue weighted by Crippen LogP contribution is 2.34. The van der Waals surface area contributed by atoms with Crippen LogP contribution in [-0.4, -0.2) is 25.2 Å². The predicted molar refractivity (Wildman–Crippen MR) is 86.5 cm³/mol. The number of hydrogen-bond acceptors (Lipinski definition) is 3. The number of carbonyl (C=O) groups is 1. The molecule has 0 bridgehead atoms. The van der Waals surface area contributed by atoms with Gasteiger partial charge in [-0.05, 0) is 12.1 Å². The first kappa shape index (κ1) is 18.2. The van der Waals surface area contributed by atoms with Gasteiger partial charge in [-0.25, -0.2) is 22.5 Å². The molecule has 138 valence electrons. The van der Waals surface area contributed by atoms with Gasteiger partial charge in [-0.2, -0.15) is 5.10 Å². The van der Waals surface area contributed by atoms with E-state index in [1.54, 1.807) is 35.9 Å². The van der Waals surface area contributed by atoms with Crippen molar-refractivity contribution in [2.24, 2.45) is 7.05 Å². The molecule has 0 radical (unpaired) electrons. The van der Waals surface area contributed by atoms with Crippen molar-refractivity contribution < 1.29 is 22.4 Å². The molecule has 0 saturated heterocycles. The number of halogens is 5. The summed E-state index contributed by atoms with van der Waals surface area (Å²) in [6.07, 6.45) is -6.30. The minimum atomic E-state index is -3.16. The van der Waals surface area contributed by atoms with Crippen molar-refractivity contribution in [3.05, 3.63) is 40.7 Å². The van der Waals surface area contributed by atoms with E-state index in [9.17, 15) is 22.4 Å². The lowest BCUT2D eigenvalue weighted by atomic mass is 10.3. The number of alkyl halides is 4. The Morgan fingerprint density at radius 3 is 2.54 bits per heavy atom. The number of aryl methyl sites for hydroxylation is 1. The molecule has 0 spiro atoms. The molecule has 26 heavy (non-hydrogen) atoms. The molecule has 3 rings (SSSR count). The van der Waals surface area contributed by atoms with Gasteiger partial charge in [-0.1, -0.05) is 23.7 Å². The van der Waals surface area contributed by atoms with Crippen LogP contribution in [0.15, 0.2) is 24.3 Å². The summed E-state index contributed by atoms with van der Waals surface area (Å²) in [5.41, 5.74) is -0.543. The van der Waals surface area contributed by atoms with Crippen LogP contribution in [-0.2, 0) is 18.4 Å². The zero-order chi connectivity index (χ0) is 19.0. The second-order valence-corrected chi connectivity index (χ2v) is 5.75. The Hall–Kier alpha value is -2.62. The first-order valence-corrected chi connectivity index (χ1v) is 7.71. The molecule has 3 aromatic rings. The second-order valence-electron chi connectivity index (χ2n) is 5.37. The third-order valence-corrected chi connectivity index (χ3v) is 4.09.